The standard InChI is InChI=1S/C14H8ClF3N4O3S/c15-13-6-5-11(7-12(13)14(16,17)18)26(23,24)25-10-3-1-9(2-4-10)22-8-19-20-21-22/h1-8H. The Hall–Kier alpha value is -2.66. The van der Waals surface area contributed by atoms with E-state index in [4.69, 9.17) is 15.8 Å². The van der Waals surface area contributed by atoms with Crippen molar-refractivity contribution in [1.82, 2.24) is 20.2 Å². The molecule has 7 nitrogen and oxygen atoms in total. The summed E-state index contributed by atoms with van der Waals surface area (Å²) in [5.41, 5.74) is -0.733. The van der Waals surface area contributed by atoms with Gasteiger partial charge in [0.05, 0.1) is 16.3 Å². The normalized spacial score (nSPS) is 12.2. The van der Waals surface area contributed by atoms with Gasteiger partial charge in [0.25, 0.3) is 0 Å². The second-order valence-electron chi connectivity index (χ2n) is 4.93. The number of rotatable bonds is 4. The van der Waals surface area contributed by atoms with E-state index < -0.39 is 31.8 Å². The first-order valence-electron chi connectivity index (χ1n) is 6.81. The fraction of sp³-hybridized carbons (Fsp3) is 0.0714. The van der Waals surface area contributed by atoms with Crippen LogP contribution in [-0.2, 0) is 16.3 Å². The zero-order valence-corrected chi connectivity index (χ0v) is 14.1. The quantitative estimate of drug-likeness (QED) is 0.621. The summed E-state index contributed by atoms with van der Waals surface area (Å²) in [4.78, 5) is -0.668. The highest BCUT2D eigenvalue weighted by Gasteiger charge is 2.34. The molecule has 0 aliphatic carbocycles. The first-order valence-corrected chi connectivity index (χ1v) is 8.60. The summed E-state index contributed by atoms with van der Waals surface area (Å²) in [6.45, 7) is 0. The molecular weight excluding hydrogens is 397 g/mol. The van der Waals surface area contributed by atoms with Gasteiger partial charge in [-0.25, -0.2) is 4.68 Å². The van der Waals surface area contributed by atoms with Crippen LogP contribution in [0.3, 0.4) is 0 Å². The van der Waals surface area contributed by atoms with Gasteiger partial charge in [-0.05, 0) is 52.9 Å². The minimum atomic E-state index is -4.80. The molecule has 2 aromatic carbocycles. The molecule has 0 bridgehead atoms. The fourth-order valence-electron chi connectivity index (χ4n) is 1.99. The molecule has 0 atom stereocenters. The summed E-state index contributed by atoms with van der Waals surface area (Å²) in [5, 5.41) is 9.96. The number of hydrogen-bond acceptors (Lipinski definition) is 6. The summed E-state index contributed by atoms with van der Waals surface area (Å²) >= 11 is 5.48. The van der Waals surface area contributed by atoms with Gasteiger partial charge in [0, 0.05) is 0 Å². The number of tetrazole rings is 1. The smallest absolute Gasteiger partial charge is 0.379 e. The van der Waals surface area contributed by atoms with Crippen molar-refractivity contribution in [2.45, 2.75) is 11.1 Å². The predicted octanol–water partition coefficient (Wildman–Crippen LogP) is 3.10. The summed E-state index contributed by atoms with van der Waals surface area (Å²) in [7, 11) is -4.49. The Bertz CT molecular complexity index is 1020. The van der Waals surface area contributed by atoms with E-state index in [0.717, 1.165) is 12.1 Å². The van der Waals surface area contributed by atoms with Crippen LogP contribution in [0, 0.1) is 0 Å². The van der Waals surface area contributed by atoms with Crippen LogP contribution >= 0.6 is 11.6 Å². The van der Waals surface area contributed by atoms with Crippen LogP contribution in [0.4, 0.5) is 13.2 Å². The van der Waals surface area contributed by atoms with Gasteiger partial charge in [-0.2, -0.15) is 21.6 Å². The molecule has 0 N–H and O–H groups in total. The number of halogens is 4. The van der Waals surface area contributed by atoms with Gasteiger partial charge < -0.3 is 4.18 Å². The Labute approximate surface area is 150 Å². The Kier molecular flexibility index (Phi) is 4.59. The van der Waals surface area contributed by atoms with Gasteiger partial charge in [0.2, 0.25) is 0 Å². The third kappa shape index (κ3) is 3.78. The molecule has 0 saturated carbocycles. The van der Waals surface area contributed by atoms with Crippen molar-refractivity contribution in [2.75, 3.05) is 0 Å². The molecule has 136 valence electrons. The van der Waals surface area contributed by atoms with Gasteiger partial charge in [0.15, 0.2) is 0 Å². The summed E-state index contributed by atoms with van der Waals surface area (Å²) < 4.78 is 69.3. The molecule has 0 unspecified atom stereocenters. The van der Waals surface area contributed by atoms with E-state index in [9.17, 15) is 21.6 Å². The monoisotopic (exact) mass is 404 g/mol. The van der Waals surface area contributed by atoms with E-state index in [2.05, 4.69) is 15.5 Å². The maximum absolute atomic E-state index is 12.9. The van der Waals surface area contributed by atoms with Crippen LogP contribution in [0.2, 0.25) is 5.02 Å². The Morgan fingerprint density at radius 3 is 2.35 bits per heavy atom. The predicted molar refractivity (Wildman–Crippen MR) is 83.4 cm³/mol. The average molecular weight is 405 g/mol. The van der Waals surface area contributed by atoms with E-state index in [0.29, 0.717) is 11.8 Å². The lowest BCUT2D eigenvalue weighted by Gasteiger charge is -2.12. The number of alkyl halides is 3. The summed E-state index contributed by atoms with van der Waals surface area (Å²) in [6, 6.07) is 7.79. The van der Waals surface area contributed by atoms with Gasteiger partial charge in [-0.15, -0.1) is 5.10 Å². The van der Waals surface area contributed by atoms with Crippen molar-refractivity contribution in [3.63, 3.8) is 0 Å². The number of hydrogen-bond donors (Lipinski definition) is 0. The van der Waals surface area contributed by atoms with E-state index in [-0.39, 0.29) is 5.75 Å². The zero-order chi connectivity index (χ0) is 18.9. The molecule has 12 heteroatoms. The van der Waals surface area contributed by atoms with Gasteiger partial charge in [0.1, 0.15) is 17.0 Å². The molecule has 1 aromatic heterocycles. The lowest BCUT2D eigenvalue weighted by molar-refractivity contribution is -0.137. The van der Waals surface area contributed by atoms with Crippen molar-refractivity contribution in [3.05, 3.63) is 59.4 Å². The first kappa shape index (κ1) is 18.1. The van der Waals surface area contributed by atoms with Crippen LogP contribution < -0.4 is 4.18 Å². The Morgan fingerprint density at radius 2 is 1.77 bits per heavy atom. The van der Waals surface area contributed by atoms with E-state index in [1.807, 2.05) is 0 Å². The molecule has 0 radical (unpaired) electrons. The fourth-order valence-corrected chi connectivity index (χ4v) is 3.17. The lowest BCUT2D eigenvalue weighted by atomic mass is 10.2. The highest BCUT2D eigenvalue weighted by molar-refractivity contribution is 7.87. The molecule has 3 aromatic rings. The molecule has 26 heavy (non-hydrogen) atoms. The van der Waals surface area contributed by atoms with Crippen LogP contribution in [0.25, 0.3) is 5.69 Å². The second-order valence-corrected chi connectivity index (χ2v) is 6.88. The van der Waals surface area contributed by atoms with Crippen LogP contribution in [0.15, 0.2) is 53.7 Å². The molecule has 0 saturated heterocycles. The number of nitrogens with zero attached hydrogens (tertiary/aromatic N) is 4. The summed E-state index contributed by atoms with van der Waals surface area (Å²) in [6.07, 6.45) is -3.46. The largest absolute Gasteiger partial charge is 0.417 e. The molecule has 0 amide bonds. The Morgan fingerprint density at radius 1 is 1.08 bits per heavy atom. The average Bonchev–Trinajstić information content (AvgIpc) is 3.09. The maximum Gasteiger partial charge on any atom is 0.417 e. The number of aromatic nitrogens is 4. The minimum absolute atomic E-state index is 0.0923. The third-order valence-corrected chi connectivity index (χ3v) is 4.76. The summed E-state index contributed by atoms with van der Waals surface area (Å²) in [5.74, 6) is -0.0923. The molecule has 0 aliphatic heterocycles. The van der Waals surface area contributed by atoms with Crippen LogP contribution in [-0.4, -0.2) is 28.6 Å². The topological polar surface area (TPSA) is 87.0 Å². The molecular formula is C14H8ClF3N4O3S. The molecule has 3 rings (SSSR count). The van der Waals surface area contributed by atoms with Gasteiger partial charge >= 0.3 is 16.3 Å². The Balaban J connectivity index is 1.87. The third-order valence-electron chi connectivity index (χ3n) is 3.19. The van der Waals surface area contributed by atoms with Crippen LogP contribution in [0.1, 0.15) is 5.56 Å². The van der Waals surface area contributed by atoms with Crippen molar-refractivity contribution >= 4 is 21.7 Å². The second kappa shape index (κ2) is 6.57. The van der Waals surface area contributed by atoms with Crippen molar-refractivity contribution in [2.24, 2.45) is 0 Å². The van der Waals surface area contributed by atoms with Crippen molar-refractivity contribution in [1.29, 1.82) is 0 Å². The van der Waals surface area contributed by atoms with Crippen molar-refractivity contribution in [3.8, 4) is 11.4 Å². The number of benzene rings is 2. The maximum atomic E-state index is 12.9. The van der Waals surface area contributed by atoms with E-state index in [1.54, 1.807) is 0 Å². The highest BCUT2D eigenvalue weighted by atomic mass is 35.5. The first-order chi connectivity index (χ1) is 12.2. The van der Waals surface area contributed by atoms with Crippen molar-refractivity contribution < 1.29 is 25.8 Å². The molecule has 0 aliphatic rings. The minimum Gasteiger partial charge on any atom is -0.379 e. The van der Waals surface area contributed by atoms with E-state index in [1.165, 1.54) is 35.3 Å². The molecule has 0 spiro atoms. The lowest BCUT2D eigenvalue weighted by Crippen LogP contribution is -2.13. The molecule has 1 heterocycles. The van der Waals surface area contributed by atoms with Crippen LogP contribution in [0.5, 0.6) is 5.75 Å². The SMILES string of the molecule is O=S(=O)(Oc1ccc(-n2cnnn2)cc1)c1ccc(Cl)c(C(F)(F)F)c1. The highest BCUT2D eigenvalue weighted by Crippen LogP contribution is 2.36. The van der Waals surface area contributed by atoms with Gasteiger partial charge in [-0.1, -0.05) is 11.6 Å². The zero-order valence-electron chi connectivity index (χ0n) is 12.6. The molecule has 0 fully saturated rings. The van der Waals surface area contributed by atoms with E-state index >= 15 is 0 Å². The van der Waals surface area contributed by atoms with Gasteiger partial charge in [-0.3, -0.25) is 0 Å².